The van der Waals surface area contributed by atoms with Gasteiger partial charge in [-0.2, -0.15) is 13.6 Å². The number of imidazole rings is 1. The Labute approximate surface area is 185 Å². The van der Waals surface area contributed by atoms with E-state index in [1.807, 2.05) is 0 Å². The molecule has 190 valence electrons. The topological polar surface area (TPSA) is 299 Å². The number of rotatable bonds is 7. The average molecular weight is 553 g/mol. The van der Waals surface area contributed by atoms with Crippen LogP contribution in [0, 0.1) is 0 Å². The minimum atomic E-state index is -5.93. The Hall–Kier alpha value is -1.63. The molecule has 3 heterocycles. The van der Waals surface area contributed by atoms with Crippen LogP contribution in [-0.4, -0.2) is 72.5 Å². The molecule has 34 heavy (non-hydrogen) atoms. The number of nitrogens with two attached hydrogens (primary N) is 1. The second kappa shape index (κ2) is 7.21. The fourth-order valence-electron chi connectivity index (χ4n) is 3.61. The number of H-pyrrole nitrogens is 1. The number of phosphoric ester groups is 1. The molecule has 0 amide bonds. The third kappa shape index (κ3) is 3.77. The molecule has 23 heteroatoms. The van der Waals surface area contributed by atoms with Crippen LogP contribution in [0.1, 0.15) is 13.2 Å². The smallest absolute Gasteiger partial charge is 0.382 e. The molecule has 9 N–H and O–H groups in total. The highest BCUT2D eigenvalue weighted by Gasteiger charge is 2.95. The van der Waals surface area contributed by atoms with Crippen LogP contribution < -0.4 is 11.3 Å². The lowest BCUT2D eigenvalue weighted by Gasteiger charge is -2.32. The molecule has 2 unspecified atom stereocenters. The van der Waals surface area contributed by atoms with E-state index < -0.39 is 58.4 Å². The molecule has 0 radical (unpaired) electrons. The highest BCUT2D eigenvalue weighted by molar-refractivity contribution is 7.66. The maximum Gasteiger partial charge on any atom is 0.490 e. The van der Waals surface area contributed by atoms with Gasteiger partial charge in [-0.25, -0.2) is 23.1 Å². The van der Waals surface area contributed by atoms with Crippen LogP contribution >= 0.6 is 23.5 Å². The summed E-state index contributed by atoms with van der Waals surface area (Å²) in [6.07, 6.45) is -3.48. The van der Waals surface area contributed by atoms with E-state index in [1.54, 1.807) is 0 Å². The van der Waals surface area contributed by atoms with Gasteiger partial charge in [0, 0.05) is 0 Å². The van der Waals surface area contributed by atoms with Crippen molar-refractivity contribution in [1.29, 1.82) is 0 Å². The first kappa shape index (κ1) is 25.5. The lowest BCUT2D eigenvalue weighted by molar-refractivity contribution is -0.178. The number of halogens is 1. The lowest BCUT2D eigenvalue weighted by Crippen LogP contribution is -2.48. The minimum Gasteiger partial charge on any atom is -0.382 e. The standard InChI is InChI=1S/C11H15FN5O14P3/c1-9(19)7(17-2-14-3-4(17)15-8(13)16-5(3)18)28-11(12)6(10(9,11)20)29-33(24,25)31-34(26,27)30-32(21,22)23/h2,6-7,19-20H,1H3,(H,24,25)(H,26,27)(H2,21,22,23)(H3,13,15,16,18)/t6-,7+,9-,10+,11+/m0/s1. The van der Waals surface area contributed by atoms with E-state index in [-0.39, 0.29) is 17.1 Å². The summed E-state index contributed by atoms with van der Waals surface area (Å²) in [5.74, 6) is -3.81. The van der Waals surface area contributed by atoms with E-state index >= 15 is 4.39 Å². The van der Waals surface area contributed by atoms with Gasteiger partial charge in [0.25, 0.3) is 11.4 Å². The number of nitrogens with zero attached hydrogens (tertiary/aromatic N) is 3. The van der Waals surface area contributed by atoms with Gasteiger partial charge in [-0.1, -0.05) is 0 Å². The Bertz CT molecular complexity index is 1390. The number of hydrogen-bond acceptors (Lipinski definition) is 13. The van der Waals surface area contributed by atoms with Crippen molar-refractivity contribution in [2.75, 3.05) is 5.73 Å². The van der Waals surface area contributed by atoms with Crippen LogP contribution in [0.4, 0.5) is 10.3 Å². The second-order valence-corrected chi connectivity index (χ2v) is 11.8. The zero-order chi connectivity index (χ0) is 25.7. The Balaban J connectivity index is 1.61. The van der Waals surface area contributed by atoms with Crippen molar-refractivity contribution in [2.24, 2.45) is 0 Å². The maximum absolute atomic E-state index is 15.4. The van der Waals surface area contributed by atoms with E-state index in [2.05, 4.69) is 28.1 Å². The summed E-state index contributed by atoms with van der Waals surface area (Å²) >= 11 is 0. The molecule has 4 rings (SSSR count). The van der Waals surface area contributed by atoms with Gasteiger partial charge >= 0.3 is 23.5 Å². The molecule has 1 aliphatic carbocycles. The lowest BCUT2D eigenvalue weighted by atomic mass is 9.95. The summed E-state index contributed by atoms with van der Waals surface area (Å²) in [6.45, 7) is 0.821. The zero-order valence-electron chi connectivity index (χ0n) is 16.3. The Morgan fingerprint density at radius 2 is 1.82 bits per heavy atom. The van der Waals surface area contributed by atoms with Crippen molar-refractivity contribution in [3.8, 4) is 0 Å². The molecule has 1 aliphatic heterocycles. The average Bonchev–Trinajstić information content (AvgIpc) is 2.89. The molecule has 2 aromatic rings. The summed E-state index contributed by atoms with van der Waals surface area (Å²) in [6, 6.07) is 0. The number of phosphoric acid groups is 3. The van der Waals surface area contributed by atoms with Crippen molar-refractivity contribution >= 4 is 40.6 Å². The van der Waals surface area contributed by atoms with E-state index in [1.165, 1.54) is 0 Å². The normalized spacial score (nSPS) is 36.7. The van der Waals surface area contributed by atoms with Crippen LogP contribution in [-0.2, 0) is 31.6 Å². The van der Waals surface area contributed by atoms with Crippen molar-refractivity contribution in [3.05, 3.63) is 16.7 Å². The van der Waals surface area contributed by atoms with Gasteiger partial charge in [0.15, 0.2) is 29.1 Å². The first-order valence-electron chi connectivity index (χ1n) is 8.60. The first-order chi connectivity index (χ1) is 15.2. The summed E-state index contributed by atoms with van der Waals surface area (Å²) in [5, 5.41) is 21.6. The Morgan fingerprint density at radius 1 is 1.21 bits per heavy atom. The molecule has 2 aromatic heterocycles. The van der Waals surface area contributed by atoms with Crippen LogP contribution in [0.2, 0.25) is 0 Å². The number of fused-ring (bicyclic) bond motifs is 2. The Kier molecular flexibility index (Phi) is 5.40. The number of alkyl halides is 1. The fourth-order valence-corrected chi connectivity index (χ4v) is 6.83. The summed E-state index contributed by atoms with van der Waals surface area (Å²) in [4.78, 5) is 57.5. The monoisotopic (exact) mass is 553 g/mol. The van der Waals surface area contributed by atoms with E-state index in [0.717, 1.165) is 17.8 Å². The molecule has 0 aromatic carbocycles. The second-order valence-electron chi connectivity index (χ2n) is 7.38. The van der Waals surface area contributed by atoms with Crippen molar-refractivity contribution in [2.45, 2.75) is 36.3 Å². The van der Waals surface area contributed by atoms with E-state index in [9.17, 15) is 38.5 Å². The zero-order valence-corrected chi connectivity index (χ0v) is 19.0. The third-order valence-corrected chi connectivity index (χ3v) is 8.85. The molecule has 2 fully saturated rings. The number of hydrogen-bond donors (Lipinski definition) is 8. The van der Waals surface area contributed by atoms with Crippen LogP contribution in [0.25, 0.3) is 11.2 Å². The molecule has 0 bridgehead atoms. The van der Waals surface area contributed by atoms with Crippen molar-refractivity contribution in [3.63, 3.8) is 0 Å². The highest BCUT2D eigenvalue weighted by Crippen LogP contribution is 2.74. The van der Waals surface area contributed by atoms with E-state index in [4.69, 9.17) is 20.3 Å². The summed E-state index contributed by atoms with van der Waals surface area (Å²) < 4.78 is 66.6. The van der Waals surface area contributed by atoms with Gasteiger partial charge in [-0.15, -0.1) is 0 Å². The molecule has 19 nitrogen and oxygen atoms in total. The van der Waals surface area contributed by atoms with Gasteiger partial charge in [0.1, 0.15) is 5.60 Å². The number of aromatic nitrogens is 4. The largest absolute Gasteiger partial charge is 0.490 e. The number of nitrogens with one attached hydrogen (secondary N) is 1. The quantitative estimate of drug-likeness (QED) is 0.174. The van der Waals surface area contributed by atoms with Crippen LogP contribution in [0.5, 0.6) is 0 Å². The number of ether oxygens (including phenoxy) is 1. The third-order valence-electron chi connectivity index (χ3n) is 5.05. The molecule has 0 spiro atoms. The molecular weight excluding hydrogens is 538 g/mol. The van der Waals surface area contributed by atoms with Crippen LogP contribution in [0.15, 0.2) is 11.1 Å². The fraction of sp³-hybridized carbons (Fsp3) is 0.545. The molecule has 7 atom stereocenters. The van der Waals surface area contributed by atoms with Crippen LogP contribution in [0.3, 0.4) is 0 Å². The highest BCUT2D eigenvalue weighted by atomic mass is 31.3. The number of anilines is 1. The first-order valence-corrected chi connectivity index (χ1v) is 13.1. The van der Waals surface area contributed by atoms with Gasteiger partial charge in [-0.3, -0.25) is 18.9 Å². The molecular formula is C11H15FN5O14P3. The maximum atomic E-state index is 15.4. The van der Waals surface area contributed by atoms with Gasteiger partial charge in [-0.05, 0) is 6.92 Å². The van der Waals surface area contributed by atoms with Crippen molar-refractivity contribution < 1.29 is 65.8 Å². The SMILES string of the molecule is C[C@]1(O)[C@H](n2cnc3c(=O)[nH]c(N)nc32)O[C@]2(F)[C@@H](OP(=O)(O)OP(=O)(O)OP(=O)(O)O)[C@@]12O. The minimum absolute atomic E-state index is 0.288. The molecule has 1 saturated carbocycles. The van der Waals surface area contributed by atoms with Crippen molar-refractivity contribution in [1.82, 2.24) is 19.5 Å². The van der Waals surface area contributed by atoms with E-state index in [0.29, 0.717) is 0 Å². The van der Waals surface area contributed by atoms with Gasteiger partial charge in [0.2, 0.25) is 5.95 Å². The number of aromatic amines is 1. The van der Waals surface area contributed by atoms with Gasteiger partial charge in [0.05, 0.1) is 6.33 Å². The number of nitrogen functional groups attached to an aromatic ring is 1. The van der Waals surface area contributed by atoms with Gasteiger partial charge < -0.3 is 40.3 Å². The summed E-state index contributed by atoms with van der Waals surface area (Å²) in [5.41, 5.74) is -1.73. The molecule has 2 aliphatic rings. The predicted octanol–water partition coefficient (Wildman–Crippen LogP) is -1.90. The number of aliphatic hydroxyl groups is 2. The Morgan fingerprint density at radius 3 is 2.35 bits per heavy atom. The predicted molar refractivity (Wildman–Crippen MR) is 101 cm³/mol. The molecule has 1 saturated heterocycles. The summed E-state index contributed by atoms with van der Waals surface area (Å²) in [7, 11) is -17.5.